The molecule has 0 bridgehead atoms. The zero-order valence-electron chi connectivity index (χ0n) is 11.5. The molecule has 0 unspecified atom stereocenters. The number of carbonyl (C=O) groups excluding carboxylic acids is 1. The van der Waals surface area contributed by atoms with Crippen LogP contribution < -0.4 is 0 Å². The van der Waals surface area contributed by atoms with Crippen molar-refractivity contribution in [3.8, 4) is 6.07 Å². The topological polar surface area (TPSA) is 53.3 Å². The Morgan fingerprint density at radius 2 is 2.11 bits per heavy atom. The summed E-state index contributed by atoms with van der Waals surface area (Å²) in [7, 11) is 1.68. The standard InChI is InChI=1S/C14H17IN2O2/c1-14(2,3)19-13(18)17(4)9-11-7-10(8-16)5-6-12(11)15/h5-7H,9H2,1-4H3. The first-order valence-electron chi connectivity index (χ1n) is 5.85. The molecule has 0 aliphatic carbocycles. The number of hydrogen-bond donors (Lipinski definition) is 0. The molecule has 19 heavy (non-hydrogen) atoms. The van der Waals surface area contributed by atoms with Crippen LogP contribution in [0.2, 0.25) is 0 Å². The molecule has 0 heterocycles. The van der Waals surface area contributed by atoms with Gasteiger partial charge in [-0.1, -0.05) is 0 Å². The van der Waals surface area contributed by atoms with Crippen LogP contribution in [0.5, 0.6) is 0 Å². The Morgan fingerprint density at radius 1 is 1.47 bits per heavy atom. The first kappa shape index (κ1) is 15.8. The zero-order chi connectivity index (χ0) is 14.6. The van der Waals surface area contributed by atoms with Gasteiger partial charge in [-0.05, 0) is 67.1 Å². The highest BCUT2D eigenvalue weighted by atomic mass is 127. The van der Waals surface area contributed by atoms with E-state index in [1.807, 2.05) is 26.8 Å². The lowest BCUT2D eigenvalue weighted by molar-refractivity contribution is 0.0285. The van der Waals surface area contributed by atoms with E-state index in [1.54, 1.807) is 19.2 Å². The van der Waals surface area contributed by atoms with E-state index in [4.69, 9.17) is 10.00 Å². The molecule has 1 rings (SSSR count). The average Bonchev–Trinajstić information content (AvgIpc) is 2.29. The van der Waals surface area contributed by atoms with Gasteiger partial charge in [0.05, 0.1) is 11.6 Å². The molecular formula is C14H17IN2O2. The Hall–Kier alpha value is -1.29. The molecule has 0 radical (unpaired) electrons. The highest BCUT2D eigenvalue weighted by Crippen LogP contribution is 2.17. The highest BCUT2D eigenvalue weighted by molar-refractivity contribution is 14.1. The van der Waals surface area contributed by atoms with Crippen LogP contribution in [0.1, 0.15) is 31.9 Å². The summed E-state index contributed by atoms with van der Waals surface area (Å²) in [6.07, 6.45) is -0.370. The van der Waals surface area contributed by atoms with Crippen molar-refractivity contribution in [3.63, 3.8) is 0 Å². The van der Waals surface area contributed by atoms with E-state index in [-0.39, 0.29) is 6.09 Å². The number of carbonyl (C=O) groups is 1. The van der Waals surface area contributed by atoms with Crippen molar-refractivity contribution in [1.82, 2.24) is 4.90 Å². The molecule has 0 aromatic heterocycles. The Kier molecular flexibility index (Phi) is 5.18. The lowest BCUT2D eigenvalue weighted by Gasteiger charge is -2.25. The summed E-state index contributed by atoms with van der Waals surface area (Å²) in [6.45, 7) is 5.92. The summed E-state index contributed by atoms with van der Waals surface area (Å²) >= 11 is 2.19. The predicted molar refractivity (Wildman–Crippen MR) is 81.6 cm³/mol. The van der Waals surface area contributed by atoms with Gasteiger partial charge in [-0.2, -0.15) is 5.26 Å². The molecule has 0 saturated heterocycles. The van der Waals surface area contributed by atoms with E-state index in [0.717, 1.165) is 9.13 Å². The second-order valence-electron chi connectivity index (χ2n) is 5.25. The summed E-state index contributed by atoms with van der Waals surface area (Å²) in [6, 6.07) is 7.53. The lowest BCUT2D eigenvalue weighted by Crippen LogP contribution is -2.34. The fourth-order valence-electron chi connectivity index (χ4n) is 1.43. The summed E-state index contributed by atoms with van der Waals surface area (Å²) in [5.41, 5.74) is 1.02. The van der Waals surface area contributed by atoms with Gasteiger partial charge < -0.3 is 9.64 Å². The first-order chi connectivity index (χ1) is 8.73. The third-order valence-corrected chi connectivity index (χ3v) is 3.34. The molecule has 0 spiro atoms. The minimum Gasteiger partial charge on any atom is -0.444 e. The van der Waals surface area contributed by atoms with Crippen molar-refractivity contribution in [2.75, 3.05) is 7.05 Å². The van der Waals surface area contributed by atoms with Crippen molar-refractivity contribution in [1.29, 1.82) is 5.26 Å². The van der Waals surface area contributed by atoms with Gasteiger partial charge in [-0.15, -0.1) is 0 Å². The molecule has 1 aromatic rings. The van der Waals surface area contributed by atoms with Crippen LogP contribution in [0, 0.1) is 14.9 Å². The molecular weight excluding hydrogens is 355 g/mol. The molecule has 0 aliphatic heterocycles. The Bertz CT molecular complexity index is 515. The van der Waals surface area contributed by atoms with Gasteiger partial charge in [0.1, 0.15) is 5.60 Å². The number of nitriles is 1. The van der Waals surface area contributed by atoms with Crippen LogP contribution in [0.25, 0.3) is 0 Å². The van der Waals surface area contributed by atoms with Gasteiger partial charge in [0.2, 0.25) is 0 Å². The maximum atomic E-state index is 11.9. The number of ether oxygens (including phenoxy) is 1. The minimum absolute atomic E-state index is 0.370. The van der Waals surface area contributed by atoms with Gasteiger partial charge in [-0.25, -0.2) is 4.79 Å². The van der Waals surface area contributed by atoms with E-state index in [2.05, 4.69) is 28.7 Å². The molecule has 4 nitrogen and oxygen atoms in total. The number of halogens is 1. The molecule has 0 aliphatic rings. The fraction of sp³-hybridized carbons (Fsp3) is 0.429. The molecule has 0 saturated carbocycles. The van der Waals surface area contributed by atoms with E-state index in [9.17, 15) is 4.79 Å². The summed E-state index contributed by atoms with van der Waals surface area (Å²) in [5.74, 6) is 0. The summed E-state index contributed by atoms with van der Waals surface area (Å²) < 4.78 is 6.31. The number of rotatable bonds is 2. The van der Waals surface area contributed by atoms with Crippen molar-refractivity contribution < 1.29 is 9.53 Å². The SMILES string of the molecule is CN(Cc1cc(C#N)ccc1I)C(=O)OC(C)(C)C. The van der Waals surface area contributed by atoms with Crippen molar-refractivity contribution >= 4 is 28.7 Å². The van der Waals surface area contributed by atoms with E-state index >= 15 is 0 Å². The van der Waals surface area contributed by atoms with Gasteiger partial charge >= 0.3 is 6.09 Å². The number of amides is 1. The van der Waals surface area contributed by atoms with Crippen LogP contribution in [-0.4, -0.2) is 23.6 Å². The first-order valence-corrected chi connectivity index (χ1v) is 6.93. The molecule has 0 atom stereocenters. The average molecular weight is 372 g/mol. The largest absolute Gasteiger partial charge is 0.444 e. The molecule has 5 heteroatoms. The number of benzene rings is 1. The van der Waals surface area contributed by atoms with Crippen LogP contribution in [0.3, 0.4) is 0 Å². The number of hydrogen-bond acceptors (Lipinski definition) is 3. The van der Waals surface area contributed by atoms with Gasteiger partial charge in [0.25, 0.3) is 0 Å². The van der Waals surface area contributed by atoms with Gasteiger partial charge in [0, 0.05) is 17.2 Å². The van der Waals surface area contributed by atoms with E-state index < -0.39 is 5.60 Å². The van der Waals surface area contributed by atoms with Crippen LogP contribution in [0.4, 0.5) is 4.79 Å². The zero-order valence-corrected chi connectivity index (χ0v) is 13.7. The molecule has 0 fully saturated rings. The van der Waals surface area contributed by atoms with Crippen molar-refractivity contribution in [2.24, 2.45) is 0 Å². The van der Waals surface area contributed by atoms with Crippen molar-refractivity contribution in [3.05, 3.63) is 32.9 Å². The molecule has 0 N–H and O–H groups in total. The smallest absolute Gasteiger partial charge is 0.410 e. The van der Waals surface area contributed by atoms with Gasteiger partial charge in [-0.3, -0.25) is 0 Å². The lowest BCUT2D eigenvalue weighted by atomic mass is 10.1. The highest BCUT2D eigenvalue weighted by Gasteiger charge is 2.20. The van der Waals surface area contributed by atoms with Crippen molar-refractivity contribution in [2.45, 2.75) is 32.9 Å². The minimum atomic E-state index is -0.507. The molecule has 102 valence electrons. The molecule has 1 aromatic carbocycles. The maximum absolute atomic E-state index is 11.9. The fourth-order valence-corrected chi connectivity index (χ4v) is 1.93. The van der Waals surface area contributed by atoms with Gasteiger partial charge in [0.15, 0.2) is 0 Å². The Balaban J connectivity index is 2.80. The Labute approximate surface area is 127 Å². The van der Waals surface area contributed by atoms with E-state index in [1.165, 1.54) is 4.90 Å². The second kappa shape index (κ2) is 6.24. The normalized spacial score (nSPS) is 10.7. The summed E-state index contributed by atoms with van der Waals surface area (Å²) in [4.78, 5) is 13.4. The Morgan fingerprint density at radius 3 is 2.63 bits per heavy atom. The van der Waals surface area contributed by atoms with Crippen LogP contribution in [0.15, 0.2) is 18.2 Å². The predicted octanol–water partition coefficient (Wildman–Crippen LogP) is 3.53. The van der Waals surface area contributed by atoms with E-state index in [0.29, 0.717) is 12.1 Å². The second-order valence-corrected chi connectivity index (χ2v) is 6.42. The number of nitrogens with zero attached hydrogens (tertiary/aromatic N) is 2. The maximum Gasteiger partial charge on any atom is 0.410 e. The monoisotopic (exact) mass is 372 g/mol. The molecule has 1 amide bonds. The summed E-state index contributed by atoms with van der Waals surface area (Å²) in [5, 5.41) is 8.89. The third kappa shape index (κ3) is 5.07. The quantitative estimate of drug-likeness (QED) is 0.747. The third-order valence-electron chi connectivity index (χ3n) is 2.29. The van der Waals surface area contributed by atoms with Crippen LogP contribution >= 0.6 is 22.6 Å². The van der Waals surface area contributed by atoms with Crippen LogP contribution in [-0.2, 0) is 11.3 Å².